The van der Waals surface area contributed by atoms with Crippen LogP contribution in [0.5, 0.6) is 11.5 Å². The number of carbonyl (C=O) groups is 1. The van der Waals surface area contributed by atoms with E-state index in [1.807, 2.05) is 60.9 Å². The van der Waals surface area contributed by atoms with E-state index in [4.69, 9.17) is 21.7 Å². The number of para-hydroxylation sites is 1. The van der Waals surface area contributed by atoms with E-state index in [-0.39, 0.29) is 5.91 Å². The summed E-state index contributed by atoms with van der Waals surface area (Å²) in [5.74, 6) is 1.93. The standard InChI is InChI=1S/C21H20IN3O3S2/c1-3-27-15-11-12(10-14(22)16(15)28-4-2)18-23-19-17(20(26)24-18)30-21(29)25(19)13-8-6-5-7-9-13/h5-11,18,23H,3-4H2,1-2H3,(H,24,26)/t18-/m1/s1. The third-order valence-electron chi connectivity index (χ3n) is 4.54. The molecule has 1 atom stereocenters. The summed E-state index contributed by atoms with van der Waals surface area (Å²) in [5, 5.41) is 6.48. The molecular formula is C21H20IN3O3S2. The SMILES string of the molecule is CCOc1cc([C@H]2NC(=O)c3sc(=S)n(-c4ccccc4)c3N2)cc(I)c1OCC. The Bertz CT molecular complexity index is 1140. The van der Waals surface area contributed by atoms with E-state index in [0.717, 1.165) is 14.8 Å². The molecule has 2 N–H and O–H groups in total. The van der Waals surface area contributed by atoms with Crippen LogP contribution in [0.25, 0.3) is 5.69 Å². The van der Waals surface area contributed by atoms with Crippen LogP contribution in [-0.2, 0) is 0 Å². The van der Waals surface area contributed by atoms with Gasteiger partial charge < -0.3 is 20.1 Å². The molecule has 2 aromatic carbocycles. The molecule has 0 fully saturated rings. The Morgan fingerprint density at radius 1 is 1.13 bits per heavy atom. The first kappa shape index (κ1) is 21.1. The predicted octanol–water partition coefficient (Wildman–Crippen LogP) is 5.52. The number of ether oxygens (including phenoxy) is 2. The number of thiazole rings is 1. The van der Waals surface area contributed by atoms with Crippen LogP contribution in [0.1, 0.15) is 35.2 Å². The summed E-state index contributed by atoms with van der Waals surface area (Å²) >= 11 is 9.09. The van der Waals surface area contributed by atoms with Crippen molar-refractivity contribution in [2.45, 2.75) is 20.0 Å². The largest absolute Gasteiger partial charge is 0.490 e. The van der Waals surface area contributed by atoms with Gasteiger partial charge in [0.15, 0.2) is 15.5 Å². The number of nitrogens with zero attached hydrogens (tertiary/aromatic N) is 1. The fraction of sp³-hybridized carbons (Fsp3) is 0.238. The van der Waals surface area contributed by atoms with Crippen LogP contribution in [0.3, 0.4) is 0 Å². The molecule has 4 rings (SSSR count). The van der Waals surface area contributed by atoms with E-state index < -0.39 is 6.17 Å². The topological polar surface area (TPSA) is 64.5 Å². The van der Waals surface area contributed by atoms with Crippen LogP contribution < -0.4 is 20.1 Å². The highest BCUT2D eigenvalue weighted by Crippen LogP contribution is 2.39. The van der Waals surface area contributed by atoms with Crippen molar-refractivity contribution in [1.82, 2.24) is 9.88 Å². The lowest BCUT2D eigenvalue weighted by Gasteiger charge is -2.28. The zero-order chi connectivity index (χ0) is 21.3. The lowest BCUT2D eigenvalue weighted by atomic mass is 10.1. The number of benzene rings is 2. The molecule has 0 unspecified atom stereocenters. The van der Waals surface area contributed by atoms with Crippen LogP contribution in [0.4, 0.5) is 5.82 Å². The second-order valence-corrected chi connectivity index (χ2v) is 9.27. The first-order valence-electron chi connectivity index (χ1n) is 9.51. The van der Waals surface area contributed by atoms with Gasteiger partial charge in [0.05, 0.1) is 16.8 Å². The molecule has 30 heavy (non-hydrogen) atoms. The monoisotopic (exact) mass is 553 g/mol. The van der Waals surface area contributed by atoms with Crippen LogP contribution >= 0.6 is 46.1 Å². The van der Waals surface area contributed by atoms with Crippen molar-refractivity contribution in [3.63, 3.8) is 0 Å². The summed E-state index contributed by atoms with van der Waals surface area (Å²) in [6.45, 7) is 4.94. The number of aromatic nitrogens is 1. The molecular weight excluding hydrogens is 533 g/mol. The molecule has 156 valence electrons. The number of hydrogen-bond donors (Lipinski definition) is 2. The highest BCUT2D eigenvalue weighted by molar-refractivity contribution is 14.1. The van der Waals surface area contributed by atoms with Crippen molar-refractivity contribution in [2.75, 3.05) is 18.5 Å². The number of nitrogens with one attached hydrogen (secondary N) is 2. The van der Waals surface area contributed by atoms with E-state index in [2.05, 4.69) is 33.2 Å². The summed E-state index contributed by atoms with van der Waals surface area (Å²) in [7, 11) is 0. The Labute approximate surface area is 197 Å². The minimum Gasteiger partial charge on any atom is -0.490 e. The lowest BCUT2D eigenvalue weighted by molar-refractivity contribution is 0.0939. The van der Waals surface area contributed by atoms with Crippen molar-refractivity contribution >= 4 is 57.9 Å². The molecule has 1 amide bonds. The van der Waals surface area contributed by atoms with Gasteiger partial charge in [-0.3, -0.25) is 9.36 Å². The number of halogens is 1. The number of fused-ring (bicyclic) bond motifs is 1. The molecule has 6 nitrogen and oxygen atoms in total. The van der Waals surface area contributed by atoms with Gasteiger partial charge in [0, 0.05) is 5.69 Å². The molecule has 1 aliphatic heterocycles. The van der Waals surface area contributed by atoms with Gasteiger partial charge in [-0.05, 0) is 78.5 Å². The highest BCUT2D eigenvalue weighted by Gasteiger charge is 2.31. The van der Waals surface area contributed by atoms with Gasteiger partial charge >= 0.3 is 0 Å². The summed E-state index contributed by atoms with van der Waals surface area (Å²) in [6, 6.07) is 13.7. The fourth-order valence-corrected chi connectivity index (χ4v) is 5.40. The molecule has 0 spiro atoms. The van der Waals surface area contributed by atoms with E-state index in [1.165, 1.54) is 11.3 Å². The minimum atomic E-state index is -0.424. The van der Waals surface area contributed by atoms with Crippen molar-refractivity contribution in [2.24, 2.45) is 0 Å². The molecule has 0 aliphatic carbocycles. The second kappa shape index (κ2) is 8.94. The second-order valence-electron chi connectivity index (χ2n) is 6.46. The van der Waals surface area contributed by atoms with Crippen LogP contribution in [0.2, 0.25) is 0 Å². The van der Waals surface area contributed by atoms with Crippen molar-refractivity contribution in [3.8, 4) is 17.2 Å². The van der Waals surface area contributed by atoms with Gasteiger partial charge in [0.1, 0.15) is 16.9 Å². The maximum atomic E-state index is 12.9. The van der Waals surface area contributed by atoms with E-state index in [0.29, 0.717) is 39.4 Å². The highest BCUT2D eigenvalue weighted by atomic mass is 127. The van der Waals surface area contributed by atoms with Crippen LogP contribution in [-0.4, -0.2) is 23.7 Å². The van der Waals surface area contributed by atoms with E-state index in [9.17, 15) is 4.79 Å². The molecule has 3 aromatic rings. The van der Waals surface area contributed by atoms with Crippen molar-refractivity contribution in [1.29, 1.82) is 0 Å². The number of anilines is 1. The van der Waals surface area contributed by atoms with Crippen molar-refractivity contribution < 1.29 is 14.3 Å². The number of hydrogen-bond acceptors (Lipinski definition) is 6. The van der Waals surface area contributed by atoms with E-state index in [1.54, 1.807) is 0 Å². The molecule has 0 radical (unpaired) electrons. The zero-order valence-electron chi connectivity index (χ0n) is 16.4. The Morgan fingerprint density at radius 2 is 1.87 bits per heavy atom. The van der Waals surface area contributed by atoms with Gasteiger partial charge in [-0.25, -0.2) is 0 Å². The van der Waals surface area contributed by atoms with Gasteiger partial charge in [0.2, 0.25) is 0 Å². The average Bonchev–Trinajstić information content (AvgIpc) is 3.07. The number of carbonyl (C=O) groups excluding carboxylic acids is 1. The number of amides is 1. The molecule has 1 aromatic heterocycles. The zero-order valence-corrected chi connectivity index (χ0v) is 20.2. The quantitative estimate of drug-likeness (QED) is 0.311. The van der Waals surface area contributed by atoms with E-state index >= 15 is 0 Å². The van der Waals surface area contributed by atoms with Gasteiger partial charge in [-0.1, -0.05) is 29.5 Å². The third-order valence-corrected chi connectivity index (χ3v) is 6.72. The Hall–Kier alpha value is -2.11. The summed E-state index contributed by atoms with van der Waals surface area (Å²) in [5.41, 5.74) is 1.79. The molecule has 0 saturated heterocycles. The maximum absolute atomic E-state index is 12.9. The van der Waals surface area contributed by atoms with Crippen LogP contribution in [0, 0.1) is 7.52 Å². The van der Waals surface area contributed by atoms with Gasteiger partial charge in [-0.2, -0.15) is 0 Å². The minimum absolute atomic E-state index is 0.151. The third kappa shape index (κ3) is 3.93. The van der Waals surface area contributed by atoms with Gasteiger partial charge in [-0.15, -0.1) is 0 Å². The Balaban J connectivity index is 1.77. The smallest absolute Gasteiger partial charge is 0.267 e. The first-order chi connectivity index (χ1) is 14.5. The van der Waals surface area contributed by atoms with Crippen molar-refractivity contribution in [3.05, 3.63) is 60.4 Å². The summed E-state index contributed by atoms with van der Waals surface area (Å²) in [6.07, 6.45) is -0.424. The predicted molar refractivity (Wildman–Crippen MR) is 130 cm³/mol. The summed E-state index contributed by atoms with van der Waals surface area (Å²) in [4.78, 5) is 13.4. The fourth-order valence-electron chi connectivity index (χ4n) is 3.31. The Kier molecular flexibility index (Phi) is 6.30. The molecule has 1 aliphatic rings. The summed E-state index contributed by atoms with van der Waals surface area (Å²) < 4.78 is 15.0. The van der Waals surface area contributed by atoms with Gasteiger partial charge in [0.25, 0.3) is 5.91 Å². The first-order valence-corrected chi connectivity index (χ1v) is 11.8. The molecule has 9 heteroatoms. The normalized spacial score (nSPS) is 15.2. The molecule has 0 bridgehead atoms. The molecule has 2 heterocycles. The number of rotatable bonds is 6. The van der Waals surface area contributed by atoms with Crippen LogP contribution in [0.15, 0.2) is 42.5 Å². The average molecular weight is 553 g/mol. The lowest BCUT2D eigenvalue weighted by Crippen LogP contribution is -2.38. The maximum Gasteiger partial charge on any atom is 0.267 e. The molecule has 0 saturated carbocycles. The Morgan fingerprint density at radius 3 is 2.57 bits per heavy atom.